The molecule has 5 heteroatoms. The Labute approximate surface area is 121 Å². The van der Waals surface area contributed by atoms with Crippen molar-refractivity contribution in [2.45, 2.75) is 13.0 Å². The van der Waals surface area contributed by atoms with Crippen molar-refractivity contribution in [1.29, 1.82) is 0 Å². The van der Waals surface area contributed by atoms with Crippen molar-refractivity contribution in [3.05, 3.63) is 65.7 Å². The molecule has 0 aliphatic rings. The molecule has 0 aliphatic heterocycles. The third kappa shape index (κ3) is 2.76. The van der Waals surface area contributed by atoms with Gasteiger partial charge in [0.05, 0.1) is 17.1 Å². The summed E-state index contributed by atoms with van der Waals surface area (Å²) in [5.41, 5.74) is 2.05. The summed E-state index contributed by atoms with van der Waals surface area (Å²) in [7, 11) is 0. The fourth-order valence-corrected chi connectivity index (χ4v) is 2.16. The molecule has 0 aliphatic carbocycles. The number of benzene rings is 2. The number of amides is 1. The minimum atomic E-state index is -0.431. The molecule has 1 atom stereocenters. The van der Waals surface area contributed by atoms with Gasteiger partial charge in [0.2, 0.25) is 0 Å². The van der Waals surface area contributed by atoms with E-state index in [0.29, 0.717) is 5.82 Å². The number of aromatic amines is 1. The minimum Gasteiger partial charge on any atom is -0.342 e. The van der Waals surface area contributed by atoms with Crippen molar-refractivity contribution in [3.8, 4) is 0 Å². The van der Waals surface area contributed by atoms with Crippen molar-refractivity contribution < 1.29 is 9.18 Å². The van der Waals surface area contributed by atoms with Crippen molar-refractivity contribution in [2.75, 3.05) is 0 Å². The average Bonchev–Trinajstić information content (AvgIpc) is 2.91. The van der Waals surface area contributed by atoms with E-state index in [1.807, 2.05) is 31.2 Å². The Hall–Kier alpha value is -2.69. The van der Waals surface area contributed by atoms with E-state index in [4.69, 9.17) is 0 Å². The van der Waals surface area contributed by atoms with E-state index in [2.05, 4.69) is 15.3 Å². The van der Waals surface area contributed by atoms with Crippen LogP contribution < -0.4 is 5.32 Å². The Kier molecular flexibility index (Phi) is 3.39. The molecule has 0 unspecified atom stereocenters. The summed E-state index contributed by atoms with van der Waals surface area (Å²) in [5.74, 6) is -0.0950. The lowest BCUT2D eigenvalue weighted by Gasteiger charge is -2.11. The Bertz CT molecular complexity index is 764. The standard InChI is InChI=1S/C16H14FN3O/c1-10(15-19-13-7-2-3-8-14(13)20-15)18-16(21)11-5-4-6-12(17)9-11/h2-10H,1H3,(H,18,21)(H,19,20)/t10-/m1/s1. The Morgan fingerprint density at radius 2 is 2.05 bits per heavy atom. The van der Waals surface area contributed by atoms with Crippen LogP contribution in [0.4, 0.5) is 4.39 Å². The van der Waals surface area contributed by atoms with E-state index in [-0.39, 0.29) is 17.5 Å². The third-order valence-electron chi connectivity index (χ3n) is 3.25. The zero-order chi connectivity index (χ0) is 14.8. The van der Waals surface area contributed by atoms with Crippen LogP contribution in [0.3, 0.4) is 0 Å². The normalized spacial score (nSPS) is 12.3. The number of carbonyl (C=O) groups is 1. The summed E-state index contributed by atoms with van der Waals surface area (Å²) in [6.45, 7) is 1.83. The Morgan fingerprint density at radius 3 is 2.81 bits per heavy atom. The fourth-order valence-electron chi connectivity index (χ4n) is 2.16. The number of rotatable bonds is 3. The molecule has 0 radical (unpaired) electrons. The molecule has 0 fully saturated rings. The predicted octanol–water partition coefficient (Wildman–Crippen LogP) is 3.19. The maximum atomic E-state index is 13.1. The number of carbonyl (C=O) groups excluding carboxylic acids is 1. The number of para-hydroxylation sites is 2. The number of aromatic nitrogens is 2. The second-order valence-corrected chi connectivity index (χ2v) is 4.84. The van der Waals surface area contributed by atoms with Gasteiger partial charge in [0.1, 0.15) is 11.6 Å². The van der Waals surface area contributed by atoms with Crippen LogP contribution in [-0.2, 0) is 0 Å². The maximum absolute atomic E-state index is 13.1. The lowest BCUT2D eigenvalue weighted by atomic mass is 10.2. The largest absolute Gasteiger partial charge is 0.342 e. The van der Waals surface area contributed by atoms with Gasteiger partial charge >= 0.3 is 0 Å². The van der Waals surface area contributed by atoms with Gasteiger partial charge in [-0.15, -0.1) is 0 Å². The lowest BCUT2D eigenvalue weighted by molar-refractivity contribution is 0.0938. The lowest BCUT2D eigenvalue weighted by Crippen LogP contribution is -2.27. The number of H-pyrrole nitrogens is 1. The molecule has 1 amide bonds. The van der Waals surface area contributed by atoms with E-state index < -0.39 is 5.82 Å². The summed E-state index contributed by atoms with van der Waals surface area (Å²) < 4.78 is 13.1. The van der Waals surface area contributed by atoms with E-state index >= 15 is 0 Å². The van der Waals surface area contributed by atoms with Gasteiger partial charge in [-0.1, -0.05) is 18.2 Å². The summed E-state index contributed by atoms with van der Waals surface area (Å²) in [6.07, 6.45) is 0. The van der Waals surface area contributed by atoms with Gasteiger partial charge in [-0.25, -0.2) is 9.37 Å². The zero-order valence-electron chi connectivity index (χ0n) is 11.4. The highest BCUT2D eigenvalue weighted by Gasteiger charge is 2.15. The first kappa shape index (κ1) is 13.3. The molecular weight excluding hydrogens is 269 g/mol. The summed E-state index contributed by atoms with van der Waals surface area (Å²) in [4.78, 5) is 19.7. The molecule has 0 bridgehead atoms. The van der Waals surface area contributed by atoms with Gasteiger partial charge in [-0.05, 0) is 37.3 Å². The molecule has 0 saturated heterocycles. The molecule has 0 spiro atoms. The van der Waals surface area contributed by atoms with Gasteiger partial charge in [0.15, 0.2) is 0 Å². The molecular formula is C16H14FN3O. The molecule has 106 valence electrons. The van der Waals surface area contributed by atoms with Gasteiger partial charge in [0, 0.05) is 5.56 Å². The van der Waals surface area contributed by atoms with Crippen LogP contribution in [0.2, 0.25) is 0 Å². The predicted molar refractivity (Wildman–Crippen MR) is 78.4 cm³/mol. The van der Waals surface area contributed by atoms with Gasteiger partial charge in [-0.2, -0.15) is 0 Å². The minimum absolute atomic E-state index is 0.290. The SMILES string of the molecule is C[C@@H](NC(=O)c1cccc(F)c1)c1nc2ccccc2[nH]1. The highest BCUT2D eigenvalue weighted by molar-refractivity contribution is 5.94. The summed E-state index contributed by atoms with van der Waals surface area (Å²) in [6, 6.07) is 12.9. The van der Waals surface area contributed by atoms with Crippen LogP contribution in [-0.4, -0.2) is 15.9 Å². The molecule has 4 nitrogen and oxygen atoms in total. The smallest absolute Gasteiger partial charge is 0.251 e. The number of halogens is 1. The van der Waals surface area contributed by atoms with Crippen LogP contribution in [0.5, 0.6) is 0 Å². The van der Waals surface area contributed by atoms with Crippen LogP contribution >= 0.6 is 0 Å². The monoisotopic (exact) mass is 283 g/mol. The fraction of sp³-hybridized carbons (Fsp3) is 0.125. The first-order chi connectivity index (χ1) is 10.1. The molecule has 1 heterocycles. The molecule has 2 N–H and O–H groups in total. The van der Waals surface area contributed by atoms with Crippen molar-refractivity contribution in [2.24, 2.45) is 0 Å². The molecule has 0 saturated carbocycles. The molecule has 3 rings (SSSR count). The molecule has 21 heavy (non-hydrogen) atoms. The van der Waals surface area contributed by atoms with Crippen molar-refractivity contribution in [1.82, 2.24) is 15.3 Å². The molecule has 2 aromatic carbocycles. The number of nitrogens with one attached hydrogen (secondary N) is 2. The van der Waals surface area contributed by atoms with E-state index in [1.165, 1.54) is 18.2 Å². The second kappa shape index (κ2) is 5.36. The van der Waals surface area contributed by atoms with E-state index in [9.17, 15) is 9.18 Å². The highest BCUT2D eigenvalue weighted by atomic mass is 19.1. The first-order valence-electron chi connectivity index (χ1n) is 6.64. The first-order valence-corrected chi connectivity index (χ1v) is 6.64. The highest BCUT2D eigenvalue weighted by Crippen LogP contribution is 2.16. The number of fused-ring (bicyclic) bond motifs is 1. The number of imidazole rings is 1. The summed E-state index contributed by atoms with van der Waals surface area (Å²) in [5, 5.41) is 2.80. The van der Waals surface area contributed by atoms with Gasteiger partial charge in [0.25, 0.3) is 5.91 Å². The van der Waals surface area contributed by atoms with Crippen molar-refractivity contribution >= 4 is 16.9 Å². The quantitative estimate of drug-likeness (QED) is 0.775. The van der Waals surface area contributed by atoms with Gasteiger partial charge < -0.3 is 10.3 Å². The number of nitrogens with zero attached hydrogens (tertiary/aromatic N) is 1. The maximum Gasteiger partial charge on any atom is 0.251 e. The Balaban J connectivity index is 1.79. The van der Waals surface area contributed by atoms with Crippen LogP contribution in [0.15, 0.2) is 48.5 Å². The third-order valence-corrected chi connectivity index (χ3v) is 3.25. The molecule has 1 aromatic heterocycles. The Morgan fingerprint density at radius 1 is 1.24 bits per heavy atom. The van der Waals surface area contributed by atoms with Crippen LogP contribution in [0.25, 0.3) is 11.0 Å². The van der Waals surface area contributed by atoms with Crippen molar-refractivity contribution in [3.63, 3.8) is 0 Å². The zero-order valence-corrected chi connectivity index (χ0v) is 11.4. The van der Waals surface area contributed by atoms with Gasteiger partial charge in [-0.3, -0.25) is 4.79 Å². The van der Waals surface area contributed by atoms with Crippen LogP contribution in [0, 0.1) is 5.82 Å². The topological polar surface area (TPSA) is 57.8 Å². The second-order valence-electron chi connectivity index (χ2n) is 4.84. The van der Waals surface area contributed by atoms with Crippen LogP contribution in [0.1, 0.15) is 29.1 Å². The average molecular weight is 283 g/mol. The summed E-state index contributed by atoms with van der Waals surface area (Å²) >= 11 is 0. The van der Waals surface area contributed by atoms with E-state index in [0.717, 1.165) is 11.0 Å². The number of hydrogen-bond donors (Lipinski definition) is 2. The number of hydrogen-bond acceptors (Lipinski definition) is 2. The molecule has 3 aromatic rings. The van der Waals surface area contributed by atoms with E-state index in [1.54, 1.807) is 6.07 Å².